The minimum Gasteiger partial charge on any atom is -0.477 e. The number of carboxylic acids is 1. The summed E-state index contributed by atoms with van der Waals surface area (Å²) < 4.78 is 0. The van der Waals surface area contributed by atoms with Gasteiger partial charge in [-0.05, 0) is 25.5 Å². The second kappa shape index (κ2) is 5.13. The molecule has 1 atom stereocenters. The molecule has 1 aromatic heterocycles. The highest BCUT2D eigenvalue weighted by atomic mass is 16.4. The Morgan fingerprint density at radius 3 is 3.05 bits per heavy atom. The fourth-order valence-corrected chi connectivity index (χ4v) is 2.96. The molecule has 6 heteroatoms. The molecule has 3 heterocycles. The van der Waals surface area contributed by atoms with Gasteiger partial charge in [-0.2, -0.15) is 0 Å². The lowest BCUT2D eigenvalue weighted by atomic mass is 10.00. The van der Waals surface area contributed by atoms with Gasteiger partial charge in [-0.15, -0.1) is 0 Å². The van der Waals surface area contributed by atoms with Crippen molar-refractivity contribution in [2.45, 2.75) is 25.3 Å². The molecule has 6 nitrogen and oxygen atoms in total. The van der Waals surface area contributed by atoms with Crippen molar-refractivity contribution in [3.63, 3.8) is 0 Å². The van der Waals surface area contributed by atoms with Gasteiger partial charge in [0.25, 0.3) is 0 Å². The second-order valence-electron chi connectivity index (χ2n) is 5.18. The maximum atomic E-state index is 10.9. The number of carbonyl (C=O) groups is 1. The number of piperazine rings is 1. The Morgan fingerprint density at radius 2 is 2.21 bits per heavy atom. The summed E-state index contributed by atoms with van der Waals surface area (Å²) in [5.41, 5.74) is 0.0658. The number of aromatic nitrogens is 2. The van der Waals surface area contributed by atoms with Crippen LogP contribution in [-0.4, -0.2) is 58.2 Å². The lowest BCUT2D eigenvalue weighted by Gasteiger charge is -2.44. The van der Waals surface area contributed by atoms with Gasteiger partial charge in [0.15, 0.2) is 5.69 Å². The van der Waals surface area contributed by atoms with Crippen LogP contribution in [0.4, 0.5) is 5.95 Å². The molecule has 3 rings (SSSR count). The van der Waals surface area contributed by atoms with E-state index in [9.17, 15) is 4.79 Å². The van der Waals surface area contributed by atoms with Gasteiger partial charge in [0.2, 0.25) is 5.95 Å². The molecule has 2 aliphatic rings. The summed E-state index contributed by atoms with van der Waals surface area (Å²) in [7, 11) is 0. The van der Waals surface area contributed by atoms with E-state index >= 15 is 0 Å². The van der Waals surface area contributed by atoms with E-state index in [0.717, 1.165) is 19.6 Å². The number of rotatable bonds is 2. The monoisotopic (exact) mass is 262 g/mol. The zero-order valence-corrected chi connectivity index (χ0v) is 10.8. The summed E-state index contributed by atoms with van der Waals surface area (Å²) in [4.78, 5) is 23.9. The van der Waals surface area contributed by atoms with E-state index in [-0.39, 0.29) is 5.69 Å². The highest BCUT2D eigenvalue weighted by Crippen LogP contribution is 2.23. The average Bonchev–Trinajstić information content (AvgIpc) is 2.47. The number of anilines is 1. The fourth-order valence-electron chi connectivity index (χ4n) is 2.96. The van der Waals surface area contributed by atoms with Crippen LogP contribution in [0.5, 0.6) is 0 Å². The van der Waals surface area contributed by atoms with Gasteiger partial charge in [-0.1, -0.05) is 6.42 Å². The first-order valence-corrected chi connectivity index (χ1v) is 6.79. The third-order valence-electron chi connectivity index (χ3n) is 3.98. The molecule has 0 bridgehead atoms. The second-order valence-corrected chi connectivity index (χ2v) is 5.18. The zero-order chi connectivity index (χ0) is 13.2. The van der Waals surface area contributed by atoms with Crippen molar-refractivity contribution < 1.29 is 9.90 Å². The van der Waals surface area contributed by atoms with Gasteiger partial charge >= 0.3 is 5.97 Å². The molecule has 0 aromatic carbocycles. The molecule has 0 radical (unpaired) electrons. The molecule has 19 heavy (non-hydrogen) atoms. The topological polar surface area (TPSA) is 69.6 Å². The molecule has 0 spiro atoms. The minimum absolute atomic E-state index is 0.0658. The average molecular weight is 262 g/mol. The highest BCUT2D eigenvalue weighted by molar-refractivity contribution is 5.85. The van der Waals surface area contributed by atoms with E-state index in [2.05, 4.69) is 19.8 Å². The van der Waals surface area contributed by atoms with Crippen LogP contribution >= 0.6 is 0 Å². The van der Waals surface area contributed by atoms with Crippen molar-refractivity contribution in [1.82, 2.24) is 14.9 Å². The summed E-state index contributed by atoms with van der Waals surface area (Å²) in [6.45, 7) is 3.99. The summed E-state index contributed by atoms with van der Waals surface area (Å²) in [5.74, 6) is -0.454. The Bertz CT molecular complexity index is 479. The number of nitrogens with zero attached hydrogens (tertiary/aromatic N) is 4. The lowest BCUT2D eigenvalue weighted by Crippen LogP contribution is -2.55. The molecular weight excluding hydrogens is 244 g/mol. The van der Waals surface area contributed by atoms with Crippen LogP contribution < -0.4 is 4.90 Å². The molecule has 102 valence electrons. The SMILES string of the molecule is O=C(O)c1ccnc(N2CCN3CCCCC3C2)n1. The van der Waals surface area contributed by atoms with E-state index < -0.39 is 5.97 Å². The first kappa shape index (κ1) is 12.3. The first-order valence-electron chi connectivity index (χ1n) is 6.79. The van der Waals surface area contributed by atoms with Gasteiger partial charge in [0.1, 0.15) is 0 Å². The number of carboxylic acid groups (broad SMARTS) is 1. The van der Waals surface area contributed by atoms with Gasteiger partial charge < -0.3 is 10.0 Å². The van der Waals surface area contributed by atoms with Crippen LogP contribution in [0.3, 0.4) is 0 Å². The maximum Gasteiger partial charge on any atom is 0.354 e. The molecule has 2 saturated heterocycles. The molecule has 0 aliphatic carbocycles. The first-order chi connectivity index (χ1) is 9.24. The number of piperidine rings is 1. The van der Waals surface area contributed by atoms with Crippen molar-refractivity contribution in [3.05, 3.63) is 18.0 Å². The molecule has 2 aliphatic heterocycles. The highest BCUT2D eigenvalue weighted by Gasteiger charge is 2.30. The van der Waals surface area contributed by atoms with E-state index in [1.807, 2.05) is 0 Å². The van der Waals surface area contributed by atoms with Crippen molar-refractivity contribution in [2.75, 3.05) is 31.1 Å². The number of hydrogen-bond donors (Lipinski definition) is 1. The van der Waals surface area contributed by atoms with Crippen LogP contribution in [0.15, 0.2) is 12.3 Å². The standard InChI is InChI=1S/C13H18N4O2/c18-12(19)11-4-5-14-13(15-11)17-8-7-16-6-2-1-3-10(16)9-17/h4-5,10H,1-3,6-9H2,(H,18,19). The van der Waals surface area contributed by atoms with E-state index in [4.69, 9.17) is 5.11 Å². The molecule has 1 aromatic rings. The Morgan fingerprint density at radius 1 is 1.32 bits per heavy atom. The van der Waals surface area contributed by atoms with Crippen LogP contribution in [0.2, 0.25) is 0 Å². The van der Waals surface area contributed by atoms with Crippen molar-refractivity contribution in [1.29, 1.82) is 0 Å². The van der Waals surface area contributed by atoms with Gasteiger partial charge in [-0.25, -0.2) is 14.8 Å². The van der Waals surface area contributed by atoms with Gasteiger partial charge in [0.05, 0.1) is 0 Å². The zero-order valence-electron chi connectivity index (χ0n) is 10.8. The third kappa shape index (κ3) is 2.53. The van der Waals surface area contributed by atoms with Crippen molar-refractivity contribution >= 4 is 11.9 Å². The van der Waals surface area contributed by atoms with Gasteiger partial charge in [-0.3, -0.25) is 4.90 Å². The Balaban J connectivity index is 1.75. The number of fused-ring (bicyclic) bond motifs is 1. The predicted octanol–water partition coefficient (Wildman–Crippen LogP) is 0.849. The van der Waals surface area contributed by atoms with E-state index in [1.165, 1.54) is 38.1 Å². The quantitative estimate of drug-likeness (QED) is 0.852. The normalized spacial score (nSPS) is 24.0. The van der Waals surface area contributed by atoms with Crippen LogP contribution in [0, 0.1) is 0 Å². The predicted molar refractivity (Wildman–Crippen MR) is 70.4 cm³/mol. The van der Waals surface area contributed by atoms with Crippen molar-refractivity contribution in [3.8, 4) is 0 Å². The number of aromatic carboxylic acids is 1. The molecular formula is C13H18N4O2. The van der Waals surface area contributed by atoms with Crippen LogP contribution in [0.25, 0.3) is 0 Å². The summed E-state index contributed by atoms with van der Waals surface area (Å²) in [5, 5.41) is 8.98. The summed E-state index contributed by atoms with van der Waals surface area (Å²) in [6.07, 6.45) is 5.32. The van der Waals surface area contributed by atoms with Crippen LogP contribution in [0.1, 0.15) is 29.8 Å². The van der Waals surface area contributed by atoms with E-state index in [1.54, 1.807) is 0 Å². The molecule has 0 amide bonds. The van der Waals surface area contributed by atoms with E-state index in [0.29, 0.717) is 12.0 Å². The molecule has 2 fully saturated rings. The lowest BCUT2D eigenvalue weighted by molar-refractivity contribution is 0.0690. The molecule has 1 unspecified atom stereocenters. The van der Waals surface area contributed by atoms with Crippen molar-refractivity contribution in [2.24, 2.45) is 0 Å². The smallest absolute Gasteiger partial charge is 0.354 e. The third-order valence-corrected chi connectivity index (χ3v) is 3.98. The molecule has 0 saturated carbocycles. The minimum atomic E-state index is -1.00. The Kier molecular flexibility index (Phi) is 3.33. The van der Waals surface area contributed by atoms with Crippen LogP contribution in [-0.2, 0) is 0 Å². The Labute approximate surface area is 112 Å². The maximum absolute atomic E-state index is 10.9. The fraction of sp³-hybridized carbons (Fsp3) is 0.615. The van der Waals surface area contributed by atoms with Gasteiger partial charge in [0, 0.05) is 31.9 Å². The summed E-state index contributed by atoms with van der Waals surface area (Å²) in [6, 6.07) is 2.00. The largest absolute Gasteiger partial charge is 0.477 e. The summed E-state index contributed by atoms with van der Waals surface area (Å²) >= 11 is 0. The molecule has 1 N–H and O–H groups in total. The Hall–Kier alpha value is -1.69. The number of hydrogen-bond acceptors (Lipinski definition) is 5.